The number of aromatic nitrogens is 3. The summed E-state index contributed by atoms with van der Waals surface area (Å²) in [4.78, 5) is 15.7. The molecule has 5 heteroatoms. The molecule has 3 aromatic rings. The van der Waals surface area contributed by atoms with Gasteiger partial charge < -0.3 is 5.32 Å². The molecule has 1 N–H and O–H groups in total. The summed E-state index contributed by atoms with van der Waals surface area (Å²) in [6.07, 6.45) is 7.01. The van der Waals surface area contributed by atoms with Gasteiger partial charge in [0.2, 0.25) is 0 Å². The minimum absolute atomic E-state index is 0.836. The fourth-order valence-electron chi connectivity index (χ4n) is 2.75. The van der Waals surface area contributed by atoms with Crippen LogP contribution in [0.5, 0.6) is 0 Å². The normalized spacial score (nSPS) is 13.7. The zero-order valence-electron chi connectivity index (χ0n) is 11.2. The molecule has 0 amide bonds. The lowest BCUT2D eigenvalue weighted by Crippen LogP contribution is -1.98. The van der Waals surface area contributed by atoms with Crippen molar-refractivity contribution in [2.45, 2.75) is 26.2 Å². The lowest BCUT2D eigenvalue weighted by atomic mass is 10.2. The van der Waals surface area contributed by atoms with Gasteiger partial charge in [-0.25, -0.2) is 15.0 Å². The van der Waals surface area contributed by atoms with Crippen LogP contribution < -0.4 is 5.32 Å². The van der Waals surface area contributed by atoms with Crippen molar-refractivity contribution in [3.05, 3.63) is 40.7 Å². The molecule has 4 nitrogen and oxygen atoms in total. The van der Waals surface area contributed by atoms with Crippen LogP contribution in [0.4, 0.5) is 11.6 Å². The van der Waals surface area contributed by atoms with Crippen LogP contribution in [0.1, 0.15) is 22.4 Å². The molecular weight excluding hydrogens is 268 g/mol. The van der Waals surface area contributed by atoms with E-state index in [0.29, 0.717) is 0 Å². The number of anilines is 2. The molecule has 0 bridgehead atoms. The summed E-state index contributed by atoms with van der Waals surface area (Å²) in [7, 11) is 0. The summed E-state index contributed by atoms with van der Waals surface area (Å²) < 4.78 is 0. The summed E-state index contributed by atoms with van der Waals surface area (Å²) in [5, 5.41) is 4.54. The van der Waals surface area contributed by atoms with Crippen molar-refractivity contribution in [3.63, 3.8) is 0 Å². The predicted molar refractivity (Wildman–Crippen MR) is 81.7 cm³/mol. The van der Waals surface area contributed by atoms with Crippen LogP contribution in [0.25, 0.3) is 10.2 Å². The van der Waals surface area contributed by atoms with Gasteiger partial charge in [0, 0.05) is 11.1 Å². The Morgan fingerprint density at radius 3 is 3.05 bits per heavy atom. The number of nitrogens with zero attached hydrogens (tertiary/aromatic N) is 3. The van der Waals surface area contributed by atoms with Gasteiger partial charge in [0.15, 0.2) is 0 Å². The lowest BCUT2D eigenvalue weighted by molar-refractivity contribution is 0.917. The van der Waals surface area contributed by atoms with Gasteiger partial charge in [-0.05, 0) is 49.4 Å². The number of rotatable bonds is 2. The Bertz CT molecular complexity index is 794. The molecule has 0 radical (unpaired) electrons. The number of hydrogen-bond donors (Lipinski definition) is 1. The SMILES string of the molecule is Cc1ccnc(Nc2ncnc3sc4c(c23)CCC4)c1. The van der Waals surface area contributed by atoms with E-state index >= 15 is 0 Å². The quantitative estimate of drug-likeness (QED) is 0.780. The monoisotopic (exact) mass is 282 g/mol. The molecule has 0 saturated carbocycles. The third kappa shape index (κ3) is 1.86. The van der Waals surface area contributed by atoms with Gasteiger partial charge in [0.1, 0.15) is 22.8 Å². The number of fused-ring (bicyclic) bond motifs is 3. The highest BCUT2D eigenvalue weighted by molar-refractivity contribution is 7.19. The summed E-state index contributed by atoms with van der Waals surface area (Å²) >= 11 is 1.80. The van der Waals surface area contributed by atoms with Crippen LogP contribution in [0.3, 0.4) is 0 Å². The van der Waals surface area contributed by atoms with Crippen molar-refractivity contribution >= 4 is 33.2 Å². The summed E-state index contributed by atoms with van der Waals surface area (Å²) in [5.41, 5.74) is 2.61. The van der Waals surface area contributed by atoms with E-state index in [4.69, 9.17) is 0 Å². The van der Waals surface area contributed by atoms with E-state index in [1.54, 1.807) is 17.7 Å². The van der Waals surface area contributed by atoms with Gasteiger partial charge in [0.25, 0.3) is 0 Å². The topological polar surface area (TPSA) is 50.7 Å². The highest BCUT2D eigenvalue weighted by atomic mass is 32.1. The molecule has 0 spiro atoms. The number of aryl methyl sites for hydroxylation is 3. The van der Waals surface area contributed by atoms with Gasteiger partial charge in [-0.15, -0.1) is 11.3 Å². The maximum atomic E-state index is 4.43. The predicted octanol–water partition coefficient (Wildman–Crippen LogP) is 3.63. The average Bonchev–Trinajstić information content (AvgIpc) is 2.99. The van der Waals surface area contributed by atoms with Crippen LogP contribution in [0, 0.1) is 6.92 Å². The molecule has 3 heterocycles. The van der Waals surface area contributed by atoms with Crippen LogP contribution >= 0.6 is 11.3 Å². The second-order valence-corrected chi connectivity index (χ2v) is 6.19. The van der Waals surface area contributed by atoms with E-state index in [-0.39, 0.29) is 0 Å². The van der Waals surface area contributed by atoms with Crippen LogP contribution in [-0.2, 0) is 12.8 Å². The minimum atomic E-state index is 0.836. The molecule has 0 saturated heterocycles. The van der Waals surface area contributed by atoms with E-state index in [9.17, 15) is 0 Å². The Kier molecular flexibility index (Phi) is 2.67. The van der Waals surface area contributed by atoms with Crippen molar-refractivity contribution in [3.8, 4) is 0 Å². The molecular formula is C15H14N4S. The second kappa shape index (κ2) is 4.52. The van der Waals surface area contributed by atoms with Crippen molar-refractivity contribution in [1.82, 2.24) is 15.0 Å². The molecule has 1 aliphatic carbocycles. The fourth-order valence-corrected chi connectivity index (χ4v) is 3.98. The molecule has 0 atom stereocenters. The van der Waals surface area contributed by atoms with E-state index in [1.807, 2.05) is 18.3 Å². The number of thiophene rings is 1. The molecule has 0 fully saturated rings. The summed E-state index contributed by atoms with van der Waals surface area (Å²) in [6.45, 7) is 2.06. The third-order valence-electron chi connectivity index (χ3n) is 3.66. The fraction of sp³-hybridized carbons (Fsp3) is 0.267. The van der Waals surface area contributed by atoms with Crippen molar-refractivity contribution in [2.24, 2.45) is 0 Å². The molecule has 20 heavy (non-hydrogen) atoms. The zero-order valence-corrected chi connectivity index (χ0v) is 12.0. The molecule has 4 rings (SSSR count). The summed E-state index contributed by atoms with van der Waals surface area (Å²) in [6, 6.07) is 4.02. The molecule has 3 aromatic heterocycles. The molecule has 1 aliphatic rings. The van der Waals surface area contributed by atoms with Crippen molar-refractivity contribution in [2.75, 3.05) is 5.32 Å². The maximum Gasteiger partial charge on any atom is 0.144 e. The van der Waals surface area contributed by atoms with E-state index in [2.05, 4.69) is 27.2 Å². The molecule has 0 unspecified atom stereocenters. The van der Waals surface area contributed by atoms with Gasteiger partial charge in [-0.1, -0.05) is 0 Å². The maximum absolute atomic E-state index is 4.43. The van der Waals surface area contributed by atoms with Gasteiger partial charge in [-0.2, -0.15) is 0 Å². The minimum Gasteiger partial charge on any atom is -0.324 e. The van der Waals surface area contributed by atoms with Crippen molar-refractivity contribution in [1.29, 1.82) is 0 Å². The molecule has 0 aliphatic heterocycles. The van der Waals surface area contributed by atoms with Gasteiger partial charge in [0.05, 0.1) is 5.39 Å². The Morgan fingerprint density at radius 1 is 1.20 bits per heavy atom. The second-order valence-electron chi connectivity index (χ2n) is 5.10. The smallest absolute Gasteiger partial charge is 0.144 e. The standard InChI is InChI=1S/C15H14N4S/c1-9-5-6-16-12(7-9)19-14-13-10-3-2-4-11(10)20-15(13)18-8-17-14/h5-8H,2-4H2,1H3,(H,16,17,18,19). The lowest BCUT2D eigenvalue weighted by Gasteiger charge is -2.07. The van der Waals surface area contributed by atoms with E-state index in [0.717, 1.165) is 22.9 Å². The summed E-state index contributed by atoms with van der Waals surface area (Å²) in [5.74, 6) is 1.72. The first-order valence-corrected chi connectivity index (χ1v) is 7.58. The first-order valence-electron chi connectivity index (χ1n) is 6.76. The van der Waals surface area contributed by atoms with Gasteiger partial charge in [-0.3, -0.25) is 0 Å². The Labute approximate surface area is 120 Å². The van der Waals surface area contributed by atoms with Crippen LogP contribution in [0.15, 0.2) is 24.7 Å². The first kappa shape index (κ1) is 11.8. The number of nitrogens with one attached hydrogen (secondary N) is 1. The first-order chi connectivity index (χ1) is 9.81. The van der Waals surface area contributed by atoms with Crippen LogP contribution in [0.2, 0.25) is 0 Å². The average molecular weight is 282 g/mol. The molecule has 100 valence electrons. The van der Waals surface area contributed by atoms with Crippen LogP contribution in [-0.4, -0.2) is 15.0 Å². The van der Waals surface area contributed by atoms with E-state index < -0.39 is 0 Å². The molecule has 0 aromatic carbocycles. The van der Waals surface area contributed by atoms with Crippen molar-refractivity contribution < 1.29 is 0 Å². The highest BCUT2D eigenvalue weighted by Crippen LogP contribution is 2.39. The third-order valence-corrected chi connectivity index (χ3v) is 4.86. The largest absolute Gasteiger partial charge is 0.324 e. The highest BCUT2D eigenvalue weighted by Gasteiger charge is 2.21. The van der Waals surface area contributed by atoms with Gasteiger partial charge >= 0.3 is 0 Å². The Balaban J connectivity index is 1.83. The Morgan fingerprint density at radius 2 is 2.15 bits per heavy atom. The van der Waals surface area contributed by atoms with E-state index in [1.165, 1.54) is 34.2 Å². The number of hydrogen-bond acceptors (Lipinski definition) is 5. The zero-order chi connectivity index (χ0) is 13.5. The number of pyridine rings is 1. The Hall–Kier alpha value is -2.01.